The molecule has 1 unspecified atom stereocenters. The lowest BCUT2D eigenvalue weighted by atomic mass is 10.2. The Bertz CT molecular complexity index is 872. The number of aliphatic hydroxyl groups is 1. The van der Waals surface area contributed by atoms with Crippen molar-refractivity contribution in [1.82, 2.24) is 9.78 Å². The van der Waals surface area contributed by atoms with Gasteiger partial charge in [0.25, 0.3) is 0 Å². The molecule has 1 aromatic heterocycles. The molecule has 0 radical (unpaired) electrons. The van der Waals surface area contributed by atoms with Crippen LogP contribution >= 0.6 is 0 Å². The number of amides is 1. The van der Waals surface area contributed by atoms with Crippen LogP contribution in [0.1, 0.15) is 12.0 Å². The van der Waals surface area contributed by atoms with Crippen molar-refractivity contribution in [2.45, 2.75) is 19.4 Å². The summed E-state index contributed by atoms with van der Waals surface area (Å²) in [5, 5.41) is 17.1. The van der Waals surface area contributed by atoms with E-state index in [2.05, 4.69) is 16.5 Å². The average molecular weight is 324 g/mol. The molecule has 6 heteroatoms. The Kier molecular flexibility index (Phi) is 4.59. The van der Waals surface area contributed by atoms with Crippen LogP contribution in [0, 0.1) is 6.92 Å². The van der Waals surface area contributed by atoms with Gasteiger partial charge in [0.2, 0.25) is 5.91 Å². The number of hydrogen-bond acceptors (Lipinski definition) is 4. The molecule has 0 spiro atoms. The highest BCUT2D eigenvalue weighted by atomic mass is 16.3. The van der Waals surface area contributed by atoms with Crippen LogP contribution in [-0.2, 0) is 4.79 Å². The Hall–Kier alpha value is -2.70. The molecule has 4 N–H and O–H groups in total. The van der Waals surface area contributed by atoms with Gasteiger partial charge in [-0.25, -0.2) is 4.68 Å². The minimum Gasteiger partial charge on any atom is -0.396 e. The first-order valence-corrected chi connectivity index (χ1v) is 7.80. The molecule has 1 atom stereocenters. The molecule has 0 aliphatic heterocycles. The Balaban J connectivity index is 1.93. The number of nitrogens with two attached hydrogens (primary N) is 1. The van der Waals surface area contributed by atoms with E-state index < -0.39 is 6.04 Å². The summed E-state index contributed by atoms with van der Waals surface area (Å²) in [5.74, 6) is -0.315. The fraction of sp³-hybridized carbons (Fsp3) is 0.222. The minimum absolute atomic E-state index is 0.117. The maximum atomic E-state index is 12.0. The van der Waals surface area contributed by atoms with Gasteiger partial charge < -0.3 is 16.2 Å². The lowest BCUT2D eigenvalue weighted by molar-refractivity contribution is -0.117. The zero-order valence-corrected chi connectivity index (χ0v) is 13.4. The van der Waals surface area contributed by atoms with Gasteiger partial charge in [-0.3, -0.25) is 4.79 Å². The molecule has 6 nitrogen and oxygen atoms in total. The van der Waals surface area contributed by atoms with Crippen molar-refractivity contribution < 1.29 is 9.90 Å². The van der Waals surface area contributed by atoms with Crippen LogP contribution in [0.4, 0.5) is 5.69 Å². The van der Waals surface area contributed by atoms with Gasteiger partial charge >= 0.3 is 0 Å². The summed E-state index contributed by atoms with van der Waals surface area (Å²) in [7, 11) is 0. The van der Waals surface area contributed by atoms with Gasteiger partial charge in [0.1, 0.15) is 0 Å². The molecule has 0 bridgehead atoms. The molecule has 1 amide bonds. The molecule has 2 aromatic carbocycles. The topological polar surface area (TPSA) is 93.2 Å². The van der Waals surface area contributed by atoms with Gasteiger partial charge in [-0.05, 0) is 49.2 Å². The molecular weight excluding hydrogens is 304 g/mol. The van der Waals surface area contributed by atoms with E-state index in [9.17, 15) is 4.79 Å². The predicted octanol–water partition coefficient (Wildman–Crippen LogP) is 1.98. The molecular formula is C18H20N4O2. The second-order valence-corrected chi connectivity index (χ2v) is 5.78. The van der Waals surface area contributed by atoms with Gasteiger partial charge in [-0.15, -0.1) is 0 Å². The SMILES string of the molecule is Cc1cccc(-n2ncc3ccc(NC(=O)C(N)CCO)cc32)c1. The summed E-state index contributed by atoms with van der Waals surface area (Å²) in [6.45, 7) is 1.91. The molecule has 0 saturated heterocycles. The van der Waals surface area contributed by atoms with Crippen LogP contribution in [0.25, 0.3) is 16.6 Å². The van der Waals surface area contributed by atoms with E-state index in [1.165, 1.54) is 0 Å². The molecule has 3 aromatic rings. The monoisotopic (exact) mass is 324 g/mol. The molecule has 0 saturated carbocycles. The van der Waals surface area contributed by atoms with Crippen LogP contribution in [0.2, 0.25) is 0 Å². The number of carbonyl (C=O) groups is 1. The van der Waals surface area contributed by atoms with Gasteiger partial charge in [0.05, 0.1) is 23.4 Å². The number of aliphatic hydroxyl groups excluding tert-OH is 1. The normalized spacial score (nSPS) is 12.3. The van der Waals surface area contributed by atoms with Crippen LogP contribution in [0.5, 0.6) is 0 Å². The number of rotatable bonds is 5. The standard InChI is InChI=1S/C18H20N4O2/c1-12-3-2-4-15(9-12)22-17-10-14(6-5-13(17)11-20-22)21-18(24)16(19)7-8-23/h2-6,9-11,16,23H,7-8,19H2,1H3,(H,21,24). The molecule has 24 heavy (non-hydrogen) atoms. The first kappa shape index (κ1) is 16.2. The average Bonchev–Trinajstić information content (AvgIpc) is 2.98. The van der Waals surface area contributed by atoms with E-state index >= 15 is 0 Å². The number of anilines is 1. The highest BCUT2D eigenvalue weighted by Crippen LogP contribution is 2.22. The molecule has 124 valence electrons. The third-order valence-corrected chi connectivity index (χ3v) is 3.86. The van der Waals surface area contributed by atoms with Gasteiger partial charge in [-0.1, -0.05) is 12.1 Å². The van der Waals surface area contributed by atoms with E-state index in [1.54, 1.807) is 6.20 Å². The van der Waals surface area contributed by atoms with Crippen molar-refractivity contribution in [3.05, 3.63) is 54.2 Å². The Morgan fingerprint density at radius 2 is 2.17 bits per heavy atom. The minimum atomic E-state index is -0.729. The summed E-state index contributed by atoms with van der Waals surface area (Å²) in [5.41, 5.74) is 9.37. The largest absolute Gasteiger partial charge is 0.396 e. The summed E-state index contributed by atoms with van der Waals surface area (Å²) in [4.78, 5) is 12.0. The summed E-state index contributed by atoms with van der Waals surface area (Å²) in [6.07, 6.45) is 2.02. The van der Waals surface area contributed by atoms with Crippen molar-refractivity contribution in [3.63, 3.8) is 0 Å². The number of benzene rings is 2. The lowest BCUT2D eigenvalue weighted by Crippen LogP contribution is -2.36. The van der Waals surface area contributed by atoms with Crippen molar-refractivity contribution in [2.24, 2.45) is 5.73 Å². The zero-order valence-electron chi connectivity index (χ0n) is 13.4. The number of aryl methyl sites for hydroxylation is 1. The first-order chi connectivity index (χ1) is 11.6. The van der Waals surface area contributed by atoms with E-state index in [1.807, 2.05) is 48.0 Å². The number of fused-ring (bicyclic) bond motifs is 1. The first-order valence-electron chi connectivity index (χ1n) is 7.80. The number of carbonyl (C=O) groups excluding carboxylic acids is 1. The smallest absolute Gasteiger partial charge is 0.241 e. The molecule has 3 rings (SSSR count). The fourth-order valence-corrected chi connectivity index (χ4v) is 2.57. The van der Waals surface area contributed by atoms with Crippen molar-refractivity contribution in [3.8, 4) is 5.69 Å². The fourth-order valence-electron chi connectivity index (χ4n) is 2.57. The molecule has 0 aliphatic rings. The number of nitrogens with zero attached hydrogens (tertiary/aromatic N) is 2. The maximum Gasteiger partial charge on any atom is 0.241 e. The third-order valence-electron chi connectivity index (χ3n) is 3.86. The van der Waals surface area contributed by atoms with Gasteiger partial charge in [0.15, 0.2) is 0 Å². The molecule has 1 heterocycles. The highest BCUT2D eigenvalue weighted by Gasteiger charge is 2.13. The van der Waals surface area contributed by atoms with E-state index in [-0.39, 0.29) is 18.9 Å². The summed E-state index contributed by atoms with van der Waals surface area (Å²) < 4.78 is 1.84. The Morgan fingerprint density at radius 3 is 2.92 bits per heavy atom. The van der Waals surface area contributed by atoms with Crippen LogP contribution in [0.15, 0.2) is 48.7 Å². The predicted molar refractivity (Wildman–Crippen MR) is 94.1 cm³/mol. The second-order valence-electron chi connectivity index (χ2n) is 5.78. The third kappa shape index (κ3) is 3.29. The maximum absolute atomic E-state index is 12.0. The van der Waals surface area contributed by atoms with Crippen molar-refractivity contribution in [2.75, 3.05) is 11.9 Å². The Morgan fingerprint density at radius 1 is 1.33 bits per heavy atom. The van der Waals surface area contributed by atoms with Crippen molar-refractivity contribution >= 4 is 22.5 Å². The van der Waals surface area contributed by atoms with Crippen molar-refractivity contribution in [1.29, 1.82) is 0 Å². The zero-order chi connectivity index (χ0) is 17.1. The summed E-state index contributed by atoms with van der Waals surface area (Å²) >= 11 is 0. The molecule has 0 aliphatic carbocycles. The summed E-state index contributed by atoms with van der Waals surface area (Å²) in [6, 6.07) is 12.9. The van der Waals surface area contributed by atoms with Crippen LogP contribution in [-0.4, -0.2) is 33.4 Å². The van der Waals surface area contributed by atoms with Gasteiger partial charge in [0, 0.05) is 17.7 Å². The van der Waals surface area contributed by atoms with E-state index in [0.29, 0.717) is 5.69 Å². The van der Waals surface area contributed by atoms with E-state index in [4.69, 9.17) is 10.8 Å². The Labute approximate surface area is 139 Å². The number of aromatic nitrogens is 2. The quantitative estimate of drug-likeness (QED) is 0.669. The van der Waals surface area contributed by atoms with Crippen LogP contribution in [0.3, 0.4) is 0 Å². The van der Waals surface area contributed by atoms with Gasteiger partial charge in [-0.2, -0.15) is 5.10 Å². The molecule has 0 fully saturated rings. The number of nitrogens with one attached hydrogen (secondary N) is 1. The number of hydrogen-bond donors (Lipinski definition) is 3. The van der Waals surface area contributed by atoms with E-state index in [0.717, 1.165) is 22.2 Å². The van der Waals surface area contributed by atoms with Crippen LogP contribution < -0.4 is 11.1 Å². The second kappa shape index (κ2) is 6.82. The lowest BCUT2D eigenvalue weighted by Gasteiger charge is -2.11. The highest BCUT2D eigenvalue weighted by molar-refractivity contribution is 5.96.